The fraction of sp³-hybridized carbons (Fsp3) is 0.250. The molecule has 3 heteroatoms. The normalized spacial score (nSPS) is 12.2. The summed E-state index contributed by atoms with van der Waals surface area (Å²) in [6.45, 7) is 4.29. The van der Waals surface area contributed by atoms with Gasteiger partial charge in [-0.15, -0.1) is 11.3 Å². The van der Waals surface area contributed by atoms with Gasteiger partial charge in [-0.05, 0) is 47.4 Å². The number of aliphatic hydroxyl groups excluding tert-OH is 1. The molecule has 0 amide bonds. The van der Waals surface area contributed by atoms with Gasteiger partial charge in [-0.2, -0.15) is 0 Å². The van der Waals surface area contributed by atoms with E-state index in [0.29, 0.717) is 5.92 Å². The summed E-state index contributed by atoms with van der Waals surface area (Å²) in [4.78, 5) is 2.35. The van der Waals surface area contributed by atoms with Gasteiger partial charge in [0, 0.05) is 14.8 Å². The first-order chi connectivity index (χ1) is 9.10. The Morgan fingerprint density at radius 3 is 2.74 bits per heavy atom. The van der Waals surface area contributed by atoms with E-state index in [0.717, 1.165) is 21.0 Å². The van der Waals surface area contributed by atoms with Crippen molar-refractivity contribution in [3.05, 3.63) is 51.9 Å². The van der Waals surface area contributed by atoms with Gasteiger partial charge in [0.1, 0.15) is 0 Å². The highest BCUT2D eigenvalue weighted by Crippen LogP contribution is 2.31. The van der Waals surface area contributed by atoms with Crippen molar-refractivity contribution in [2.45, 2.75) is 13.8 Å². The molecule has 0 spiro atoms. The smallest absolute Gasteiger partial charge is 0.0647 e. The predicted octanol–water partition coefficient (Wildman–Crippen LogP) is 5.10. The van der Waals surface area contributed by atoms with Crippen molar-refractivity contribution in [3.8, 4) is 10.4 Å². The van der Waals surface area contributed by atoms with Crippen LogP contribution in [-0.2, 0) is 0 Å². The molecule has 0 aliphatic rings. The van der Waals surface area contributed by atoms with E-state index in [2.05, 4.69) is 38.1 Å². The minimum atomic E-state index is 0.113. The lowest BCUT2D eigenvalue weighted by Crippen LogP contribution is -1.98. The summed E-state index contributed by atoms with van der Waals surface area (Å²) in [6, 6.07) is 12.0. The van der Waals surface area contributed by atoms with Crippen LogP contribution in [0.25, 0.3) is 16.5 Å². The molecule has 19 heavy (non-hydrogen) atoms. The molecule has 1 heterocycles. The monoisotopic (exact) mass is 292 g/mol. The van der Waals surface area contributed by atoms with E-state index in [9.17, 15) is 5.11 Å². The Hall–Kier alpha value is -1.09. The topological polar surface area (TPSA) is 20.2 Å². The number of aliphatic hydroxyl groups is 1. The lowest BCUT2D eigenvalue weighted by molar-refractivity contribution is 0.320. The van der Waals surface area contributed by atoms with E-state index in [1.54, 1.807) is 11.3 Å². The van der Waals surface area contributed by atoms with Gasteiger partial charge in [0.15, 0.2) is 0 Å². The van der Waals surface area contributed by atoms with Crippen LogP contribution in [0.15, 0.2) is 42.0 Å². The molecule has 2 aromatic rings. The highest BCUT2D eigenvalue weighted by molar-refractivity contribution is 7.16. The largest absolute Gasteiger partial charge is 0.392 e. The Labute approximate surface area is 123 Å². The van der Waals surface area contributed by atoms with Crippen LogP contribution in [0.2, 0.25) is 5.02 Å². The predicted molar refractivity (Wildman–Crippen MR) is 84.7 cm³/mol. The van der Waals surface area contributed by atoms with E-state index in [1.165, 1.54) is 4.88 Å². The van der Waals surface area contributed by atoms with Crippen molar-refractivity contribution >= 4 is 29.0 Å². The number of hydrogen-bond acceptors (Lipinski definition) is 2. The summed E-state index contributed by atoms with van der Waals surface area (Å²) in [5.41, 5.74) is 2.19. The Morgan fingerprint density at radius 2 is 2.11 bits per heavy atom. The lowest BCUT2D eigenvalue weighted by Gasteiger charge is -2.06. The minimum absolute atomic E-state index is 0.113. The Kier molecular flexibility index (Phi) is 4.81. The van der Waals surface area contributed by atoms with Gasteiger partial charge in [0.2, 0.25) is 0 Å². The standard InChI is InChI=1S/C16H17ClOS/c1-11(2)13(10-18)9-15-6-7-16(19-15)12-4-3-5-14(17)8-12/h3-9,11,18H,10H2,1-2H3. The van der Waals surface area contributed by atoms with Crippen molar-refractivity contribution < 1.29 is 5.11 Å². The number of rotatable bonds is 4. The van der Waals surface area contributed by atoms with Gasteiger partial charge in [-0.3, -0.25) is 0 Å². The van der Waals surface area contributed by atoms with Crippen LogP contribution < -0.4 is 0 Å². The zero-order chi connectivity index (χ0) is 13.8. The first-order valence-electron chi connectivity index (χ1n) is 6.27. The maximum Gasteiger partial charge on any atom is 0.0647 e. The third kappa shape index (κ3) is 3.69. The van der Waals surface area contributed by atoms with E-state index in [1.807, 2.05) is 18.2 Å². The first kappa shape index (κ1) is 14.3. The quantitative estimate of drug-likeness (QED) is 0.831. The van der Waals surface area contributed by atoms with Gasteiger partial charge < -0.3 is 5.11 Å². The Bertz CT molecular complexity index is 584. The van der Waals surface area contributed by atoms with Crippen LogP contribution in [0.1, 0.15) is 18.7 Å². The van der Waals surface area contributed by atoms with Gasteiger partial charge in [-0.1, -0.05) is 37.6 Å². The third-order valence-electron chi connectivity index (χ3n) is 2.99. The lowest BCUT2D eigenvalue weighted by atomic mass is 10.0. The molecular formula is C16H17ClOS. The molecule has 0 bridgehead atoms. The molecule has 0 aliphatic heterocycles. The molecule has 0 saturated heterocycles. The van der Waals surface area contributed by atoms with Gasteiger partial charge >= 0.3 is 0 Å². The fourth-order valence-corrected chi connectivity index (χ4v) is 2.98. The molecule has 0 saturated carbocycles. The second kappa shape index (κ2) is 6.38. The van der Waals surface area contributed by atoms with Gasteiger partial charge in [0.05, 0.1) is 6.61 Å². The van der Waals surface area contributed by atoms with Crippen LogP contribution in [0.5, 0.6) is 0 Å². The molecule has 0 radical (unpaired) electrons. The van der Waals surface area contributed by atoms with Crippen molar-refractivity contribution in [3.63, 3.8) is 0 Å². The molecule has 1 aromatic heterocycles. The molecule has 2 rings (SSSR count). The maximum absolute atomic E-state index is 9.34. The number of benzene rings is 1. The first-order valence-corrected chi connectivity index (χ1v) is 7.46. The molecule has 0 atom stereocenters. The second-order valence-corrected chi connectivity index (χ2v) is 6.30. The van der Waals surface area contributed by atoms with E-state index < -0.39 is 0 Å². The molecule has 0 aliphatic carbocycles. The Morgan fingerprint density at radius 1 is 1.32 bits per heavy atom. The average molecular weight is 293 g/mol. The second-order valence-electron chi connectivity index (χ2n) is 4.74. The highest BCUT2D eigenvalue weighted by Gasteiger charge is 2.05. The third-order valence-corrected chi connectivity index (χ3v) is 4.30. The average Bonchev–Trinajstić information content (AvgIpc) is 2.84. The van der Waals surface area contributed by atoms with E-state index in [4.69, 9.17) is 11.6 Å². The summed E-state index contributed by atoms with van der Waals surface area (Å²) >= 11 is 7.72. The Balaban J connectivity index is 2.29. The minimum Gasteiger partial charge on any atom is -0.392 e. The molecule has 1 nitrogen and oxygen atoms in total. The van der Waals surface area contributed by atoms with Crippen LogP contribution in [-0.4, -0.2) is 11.7 Å². The summed E-state index contributed by atoms with van der Waals surface area (Å²) in [5, 5.41) is 10.1. The number of hydrogen-bond donors (Lipinski definition) is 1. The molecule has 0 fully saturated rings. The maximum atomic E-state index is 9.34. The van der Waals surface area contributed by atoms with E-state index >= 15 is 0 Å². The molecular weight excluding hydrogens is 276 g/mol. The number of thiophene rings is 1. The highest BCUT2D eigenvalue weighted by atomic mass is 35.5. The van der Waals surface area contributed by atoms with Crippen LogP contribution in [0, 0.1) is 5.92 Å². The molecule has 1 N–H and O–H groups in total. The van der Waals surface area contributed by atoms with Crippen molar-refractivity contribution in [1.82, 2.24) is 0 Å². The van der Waals surface area contributed by atoms with Crippen molar-refractivity contribution in [2.24, 2.45) is 5.92 Å². The van der Waals surface area contributed by atoms with Gasteiger partial charge in [-0.25, -0.2) is 0 Å². The van der Waals surface area contributed by atoms with Crippen molar-refractivity contribution in [1.29, 1.82) is 0 Å². The summed E-state index contributed by atoms with van der Waals surface area (Å²) < 4.78 is 0. The van der Waals surface area contributed by atoms with Crippen LogP contribution in [0.3, 0.4) is 0 Å². The molecule has 1 aromatic carbocycles. The zero-order valence-corrected chi connectivity index (χ0v) is 12.6. The summed E-state index contributed by atoms with van der Waals surface area (Å²) in [7, 11) is 0. The summed E-state index contributed by atoms with van der Waals surface area (Å²) in [5.74, 6) is 0.363. The van der Waals surface area contributed by atoms with Crippen LogP contribution >= 0.6 is 22.9 Å². The van der Waals surface area contributed by atoms with Crippen LogP contribution in [0.4, 0.5) is 0 Å². The SMILES string of the molecule is CC(C)C(=Cc1ccc(-c2cccc(Cl)c2)s1)CO. The zero-order valence-electron chi connectivity index (χ0n) is 11.1. The van der Waals surface area contributed by atoms with Gasteiger partial charge in [0.25, 0.3) is 0 Å². The number of halogens is 1. The van der Waals surface area contributed by atoms with E-state index in [-0.39, 0.29) is 6.61 Å². The summed E-state index contributed by atoms with van der Waals surface area (Å²) in [6.07, 6.45) is 2.07. The van der Waals surface area contributed by atoms with Crippen molar-refractivity contribution in [2.75, 3.05) is 6.61 Å². The molecule has 0 unspecified atom stereocenters. The molecule has 100 valence electrons. The fourth-order valence-electron chi connectivity index (χ4n) is 1.80.